The summed E-state index contributed by atoms with van der Waals surface area (Å²) < 4.78 is 61.9. The molecule has 5 nitrogen and oxygen atoms in total. The standard InChI is InChI=1S/C15H14F4N2O3/c1-23-8-12(13-3-2-6-24-13)21-14(22)20-11-5-4-9(16)7-10(11)15(17,18)19/h2-7,12H,8H2,1H3,(H2,20,21,22)/t12-/m1/s1. The Kier molecular flexibility index (Phi) is 5.45. The van der Waals surface area contributed by atoms with Gasteiger partial charge in [-0.3, -0.25) is 0 Å². The van der Waals surface area contributed by atoms with Crippen LogP contribution in [0.25, 0.3) is 0 Å². The van der Waals surface area contributed by atoms with Crippen molar-refractivity contribution < 1.29 is 31.5 Å². The number of furan rings is 1. The first kappa shape index (κ1) is 17.8. The highest BCUT2D eigenvalue weighted by Crippen LogP contribution is 2.35. The van der Waals surface area contributed by atoms with Crippen LogP contribution in [0, 0.1) is 5.82 Å². The summed E-state index contributed by atoms with van der Waals surface area (Å²) in [7, 11) is 1.40. The van der Waals surface area contributed by atoms with Crippen molar-refractivity contribution in [2.45, 2.75) is 12.2 Å². The van der Waals surface area contributed by atoms with Gasteiger partial charge in [0.25, 0.3) is 0 Å². The Bertz CT molecular complexity index is 687. The highest BCUT2D eigenvalue weighted by atomic mass is 19.4. The predicted octanol–water partition coefficient (Wildman–Crippen LogP) is 3.95. The van der Waals surface area contributed by atoms with Crippen molar-refractivity contribution in [3.8, 4) is 0 Å². The highest BCUT2D eigenvalue weighted by molar-refractivity contribution is 5.90. The van der Waals surface area contributed by atoms with Crippen LogP contribution in [-0.2, 0) is 10.9 Å². The number of amides is 2. The molecule has 1 aromatic carbocycles. The van der Waals surface area contributed by atoms with Gasteiger partial charge in [-0.05, 0) is 30.3 Å². The van der Waals surface area contributed by atoms with Gasteiger partial charge in [0, 0.05) is 7.11 Å². The molecule has 0 spiro atoms. The normalized spacial score (nSPS) is 12.7. The Morgan fingerprint density at radius 3 is 2.67 bits per heavy atom. The van der Waals surface area contributed by atoms with Crippen molar-refractivity contribution in [3.05, 3.63) is 53.7 Å². The molecular formula is C15H14F4N2O3. The molecule has 1 atom stereocenters. The van der Waals surface area contributed by atoms with E-state index in [4.69, 9.17) is 9.15 Å². The predicted molar refractivity (Wildman–Crippen MR) is 76.9 cm³/mol. The maximum atomic E-state index is 13.1. The lowest BCUT2D eigenvalue weighted by Crippen LogP contribution is -2.35. The van der Waals surface area contributed by atoms with Crippen molar-refractivity contribution in [3.63, 3.8) is 0 Å². The summed E-state index contributed by atoms with van der Waals surface area (Å²) in [4.78, 5) is 12.0. The van der Waals surface area contributed by atoms with E-state index in [2.05, 4.69) is 10.6 Å². The number of carbonyl (C=O) groups excluding carboxylic acids is 1. The van der Waals surface area contributed by atoms with Gasteiger partial charge in [0.05, 0.1) is 24.1 Å². The van der Waals surface area contributed by atoms with E-state index in [1.165, 1.54) is 13.4 Å². The third kappa shape index (κ3) is 4.48. The second kappa shape index (κ2) is 7.35. The number of benzene rings is 1. The second-order valence-electron chi connectivity index (χ2n) is 4.81. The third-order valence-corrected chi connectivity index (χ3v) is 3.06. The monoisotopic (exact) mass is 346 g/mol. The number of rotatable bonds is 5. The molecule has 0 saturated carbocycles. The number of ether oxygens (including phenoxy) is 1. The number of carbonyl (C=O) groups is 1. The molecule has 2 N–H and O–H groups in total. The first-order valence-corrected chi connectivity index (χ1v) is 6.78. The number of urea groups is 1. The van der Waals surface area contributed by atoms with Gasteiger partial charge in [0.1, 0.15) is 17.6 Å². The molecule has 1 heterocycles. The number of hydrogen-bond acceptors (Lipinski definition) is 3. The smallest absolute Gasteiger partial charge is 0.418 e. The molecule has 130 valence electrons. The lowest BCUT2D eigenvalue weighted by molar-refractivity contribution is -0.137. The first-order valence-electron chi connectivity index (χ1n) is 6.78. The van der Waals surface area contributed by atoms with Gasteiger partial charge in [-0.15, -0.1) is 0 Å². The summed E-state index contributed by atoms with van der Waals surface area (Å²) in [5.74, 6) is -0.678. The summed E-state index contributed by atoms with van der Waals surface area (Å²) >= 11 is 0. The Balaban J connectivity index is 2.14. The minimum Gasteiger partial charge on any atom is -0.467 e. The Morgan fingerprint density at radius 2 is 2.08 bits per heavy atom. The summed E-state index contributed by atoms with van der Waals surface area (Å²) in [5.41, 5.74) is -1.84. The molecule has 0 unspecified atom stereocenters. The average molecular weight is 346 g/mol. The highest BCUT2D eigenvalue weighted by Gasteiger charge is 2.34. The molecule has 0 saturated heterocycles. The summed E-state index contributed by atoms with van der Waals surface area (Å²) in [6.07, 6.45) is -3.42. The Morgan fingerprint density at radius 1 is 1.33 bits per heavy atom. The van der Waals surface area contributed by atoms with Crippen molar-refractivity contribution in [1.82, 2.24) is 5.32 Å². The van der Waals surface area contributed by atoms with E-state index in [1.807, 2.05) is 0 Å². The fraction of sp³-hybridized carbons (Fsp3) is 0.267. The van der Waals surface area contributed by atoms with Gasteiger partial charge < -0.3 is 19.8 Å². The Labute approximate surface area is 134 Å². The molecule has 0 bridgehead atoms. The minimum absolute atomic E-state index is 0.0521. The lowest BCUT2D eigenvalue weighted by atomic mass is 10.1. The summed E-state index contributed by atoms with van der Waals surface area (Å²) in [5, 5.41) is 4.49. The molecule has 0 aliphatic carbocycles. The summed E-state index contributed by atoms with van der Waals surface area (Å²) in [6.45, 7) is 0.0521. The van der Waals surface area contributed by atoms with Crippen molar-refractivity contribution in [2.75, 3.05) is 19.0 Å². The molecule has 0 aliphatic rings. The van der Waals surface area contributed by atoms with Crippen LogP contribution >= 0.6 is 0 Å². The van der Waals surface area contributed by atoms with Gasteiger partial charge in [-0.2, -0.15) is 13.2 Å². The van der Waals surface area contributed by atoms with Gasteiger partial charge in [0.15, 0.2) is 0 Å². The van der Waals surface area contributed by atoms with E-state index in [0.29, 0.717) is 11.8 Å². The van der Waals surface area contributed by atoms with E-state index in [1.54, 1.807) is 12.1 Å². The van der Waals surface area contributed by atoms with Crippen molar-refractivity contribution >= 4 is 11.7 Å². The van der Waals surface area contributed by atoms with Crippen LogP contribution < -0.4 is 10.6 Å². The number of alkyl halides is 3. The topological polar surface area (TPSA) is 63.5 Å². The number of halogens is 4. The SMILES string of the molecule is COC[C@@H](NC(=O)Nc1ccc(F)cc1C(F)(F)F)c1ccco1. The van der Waals surface area contributed by atoms with Gasteiger partial charge >= 0.3 is 12.2 Å². The molecule has 0 aliphatic heterocycles. The molecule has 9 heteroatoms. The molecule has 0 radical (unpaired) electrons. The second-order valence-corrected chi connectivity index (χ2v) is 4.81. The van der Waals surface area contributed by atoms with Crippen LogP contribution in [0.3, 0.4) is 0 Å². The first-order chi connectivity index (χ1) is 11.3. The molecule has 1 aromatic heterocycles. The fourth-order valence-electron chi connectivity index (χ4n) is 2.03. The molecule has 2 aromatic rings. The lowest BCUT2D eigenvalue weighted by Gasteiger charge is -2.18. The summed E-state index contributed by atoms with van der Waals surface area (Å²) in [6, 6.07) is 3.56. The van der Waals surface area contributed by atoms with E-state index in [9.17, 15) is 22.4 Å². The van der Waals surface area contributed by atoms with E-state index in [-0.39, 0.29) is 6.61 Å². The van der Waals surface area contributed by atoms with Gasteiger partial charge in [-0.1, -0.05) is 0 Å². The van der Waals surface area contributed by atoms with Gasteiger partial charge in [0.2, 0.25) is 0 Å². The average Bonchev–Trinajstić information content (AvgIpc) is 3.02. The van der Waals surface area contributed by atoms with Crippen LogP contribution in [0.5, 0.6) is 0 Å². The Hall–Kier alpha value is -2.55. The quantitative estimate of drug-likeness (QED) is 0.806. The van der Waals surface area contributed by atoms with E-state index >= 15 is 0 Å². The third-order valence-electron chi connectivity index (χ3n) is 3.06. The number of hydrogen-bond donors (Lipinski definition) is 2. The maximum Gasteiger partial charge on any atom is 0.418 e. The molecular weight excluding hydrogens is 332 g/mol. The zero-order chi connectivity index (χ0) is 17.7. The zero-order valence-corrected chi connectivity index (χ0v) is 12.5. The van der Waals surface area contributed by atoms with E-state index in [0.717, 1.165) is 12.1 Å². The van der Waals surface area contributed by atoms with Crippen LogP contribution in [0.4, 0.5) is 28.0 Å². The van der Waals surface area contributed by atoms with Crippen molar-refractivity contribution in [1.29, 1.82) is 0 Å². The number of methoxy groups -OCH3 is 1. The molecule has 2 amide bonds. The molecule has 0 fully saturated rings. The number of anilines is 1. The van der Waals surface area contributed by atoms with Crippen LogP contribution in [0.1, 0.15) is 17.4 Å². The van der Waals surface area contributed by atoms with Crippen LogP contribution in [0.15, 0.2) is 41.0 Å². The zero-order valence-electron chi connectivity index (χ0n) is 12.5. The molecule has 24 heavy (non-hydrogen) atoms. The fourth-order valence-corrected chi connectivity index (χ4v) is 2.03. The molecule has 2 rings (SSSR count). The van der Waals surface area contributed by atoms with Crippen LogP contribution in [-0.4, -0.2) is 19.7 Å². The van der Waals surface area contributed by atoms with Gasteiger partial charge in [-0.25, -0.2) is 9.18 Å². The minimum atomic E-state index is -4.81. The van der Waals surface area contributed by atoms with E-state index < -0.39 is 35.3 Å². The largest absolute Gasteiger partial charge is 0.467 e. The number of nitrogens with one attached hydrogen (secondary N) is 2. The van der Waals surface area contributed by atoms with Crippen LogP contribution in [0.2, 0.25) is 0 Å². The maximum absolute atomic E-state index is 13.1. The van der Waals surface area contributed by atoms with Crippen molar-refractivity contribution in [2.24, 2.45) is 0 Å².